The molecule has 2 heterocycles. The molecule has 0 saturated heterocycles. The van der Waals surface area contributed by atoms with E-state index in [9.17, 15) is 10.1 Å². The molecule has 0 aliphatic carbocycles. The zero-order valence-corrected chi connectivity index (χ0v) is 13.5. The maximum Gasteiger partial charge on any atom is 0.210 e. The lowest BCUT2D eigenvalue weighted by Gasteiger charge is -2.19. The Balaban J connectivity index is 2.18. The van der Waals surface area contributed by atoms with Gasteiger partial charge in [-0.1, -0.05) is 19.4 Å². The standard InChI is InChI=1S/C18H17NO2S/c1-3-4-5-12-6-7-16-13(8-12)18-14(10-22-16)17(20)11(2)15(9-19)21-18/h6-8H,3-5,10H2,1-2H3. The molecule has 2 aromatic rings. The Hall–Kier alpha value is -1.99. The van der Waals surface area contributed by atoms with Gasteiger partial charge < -0.3 is 4.42 Å². The summed E-state index contributed by atoms with van der Waals surface area (Å²) in [4.78, 5) is 13.5. The van der Waals surface area contributed by atoms with E-state index in [0.717, 1.165) is 29.7 Å². The van der Waals surface area contributed by atoms with Crippen LogP contribution < -0.4 is 5.43 Å². The van der Waals surface area contributed by atoms with Gasteiger partial charge in [-0.3, -0.25) is 4.79 Å². The van der Waals surface area contributed by atoms with Crippen molar-refractivity contribution in [1.82, 2.24) is 0 Å². The van der Waals surface area contributed by atoms with Gasteiger partial charge in [0.2, 0.25) is 5.76 Å². The van der Waals surface area contributed by atoms with Crippen molar-refractivity contribution in [2.75, 3.05) is 0 Å². The first kappa shape index (κ1) is 14.9. The molecule has 1 aromatic carbocycles. The Labute approximate surface area is 134 Å². The van der Waals surface area contributed by atoms with Crippen LogP contribution in [0.2, 0.25) is 0 Å². The predicted molar refractivity (Wildman–Crippen MR) is 88.0 cm³/mol. The number of hydrogen-bond acceptors (Lipinski definition) is 4. The molecule has 0 radical (unpaired) electrons. The fraction of sp³-hybridized carbons (Fsp3) is 0.333. The molecule has 0 atom stereocenters. The lowest BCUT2D eigenvalue weighted by molar-refractivity contribution is 0.537. The van der Waals surface area contributed by atoms with E-state index in [2.05, 4.69) is 25.1 Å². The van der Waals surface area contributed by atoms with Crippen LogP contribution in [0.25, 0.3) is 11.3 Å². The van der Waals surface area contributed by atoms with Crippen LogP contribution in [0.3, 0.4) is 0 Å². The Kier molecular flexibility index (Phi) is 4.08. The Bertz CT molecular complexity index is 830. The van der Waals surface area contributed by atoms with Crippen LogP contribution in [-0.2, 0) is 12.2 Å². The fourth-order valence-electron chi connectivity index (χ4n) is 2.69. The number of thioether (sulfide) groups is 1. The molecule has 0 saturated carbocycles. The summed E-state index contributed by atoms with van der Waals surface area (Å²) in [6.07, 6.45) is 3.31. The fourth-order valence-corrected chi connectivity index (χ4v) is 3.73. The lowest BCUT2D eigenvalue weighted by Crippen LogP contribution is -2.16. The molecule has 1 aromatic heterocycles. The highest BCUT2D eigenvalue weighted by Gasteiger charge is 2.24. The second-order valence-electron chi connectivity index (χ2n) is 5.53. The molecule has 4 heteroatoms. The number of hydrogen-bond donors (Lipinski definition) is 0. The summed E-state index contributed by atoms with van der Waals surface area (Å²) in [6, 6.07) is 8.34. The van der Waals surface area contributed by atoms with Crippen LogP contribution in [0.5, 0.6) is 0 Å². The summed E-state index contributed by atoms with van der Waals surface area (Å²) in [5.41, 5.74) is 3.23. The second-order valence-corrected chi connectivity index (χ2v) is 6.54. The minimum atomic E-state index is -0.0603. The van der Waals surface area contributed by atoms with Gasteiger partial charge in [0.05, 0.1) is 11.1 Å². The van der Waals surface area contributed by atoms with Gasteiger partial charge in [0, 0.05) is 16.2 Å². The Morgan fingerprint density at radius 1 is 1.41 bits per heavy atom. The third-order valence-corrected chi connectivity index (χ3v) is 5.11. The molecule has 0 amide bonds. The smallest absolute Gasteiger partial charge is 0.210 e. The van der Waals surface area contributed by atoms with E-state index in [-0.39, 0.29) is 11.2 Å². The molecule has 3 rings (SSSR count). The zero-order chi connectivity index (χ0) is 15.7. The van der Waals surface area contributed by atoms with Crippen LogP contribution in [0, 0.1) is 18.3 Å². The van der Waals surface area contributed by atoms with Gasteiger partial charge in [-0.15, -0.1) is 11.8 Å². The molecule has 0 fully saturated rings. The van der Waals surface area contributed by atoms with Gasteiger partial charge in [-0.05, 0) is 37.5 Å². The first-order chi connectivity index (χ1) is 10.7. The summed E-state index contributed by atoms with van der Waals surface area (Å²) in [7, 11) is 0. The number of benzene rings is 1. The minimum absolute atomic E-state index is 0.0603. The van der Waals surface area contributed by atoms with Crippen molar-refractivity contribution in [2.45, 2.75) is 43.8 Å². The van der Waals surface area contributed by atoms with E-state index < -0.39 is 0 Å². The maximum absolute atomic E-state index is 12.4. The number of unbranched alkanes of at least 4 members (excludes halogenated alkanes) is 1. The van der Waals surface area contributed by atoms with Gasteiger partial charge in [0.1, 0.15) is 11.8 Å². The molecule has 0 N–H and O–H groups in total. The first-order valence-electron chi connectivity index (χ1n) is 7.48. The van der Waals surface area contributed by atoms with Crippen molar-refractivity contribution in [3.8, 4) is 17.4 Å². The maximum atomic E-state index is 12.4. The van der Waals surface area contributed by atoms with Crippen LogP contribution >= 0.6 is 11.8 Å². The third kappa shape index (κ3) is 2.46. The molecular weight excluding hydrogens is 294 g/mol. The summed E-state index contributed by atoms with van der Waals surface area (Å²) in [5, 5.41) is 9.18. The molecule has 0 bridgehead atoms. The van der Waals surface area contributed by atoms with Crippen molar-refractivity contribution in [3.63, 3.8) is 0 Å². The average molecular weight is 311 g/mol. The highest BCUT2D eigenvalue weighted by molar-refractivity contribution is 7.98. The molecule has 0 unspecified atom stereocenters. The number of fused-ring (bicyclic) bond motifs is 3. The summed E-state index contributed by atoms with van der Waals surface area (Å²) >= 11 is 1.66. The molecular formula is C18H17NO2S. The van der Waals surface area contributed by atoms with Crippen molar-refractivity contribution in [1.29, 1.82) is 5.26 Å². The van der Waals surface area contributed by atoms with E-state index in [1.807, 2.05) is 6.07 Å². The van der Waals surface area contributed by atoms with Crippen LogP contribution in [0.4, 0.5) is 0 Å². The number of nitrogens with zero attached hydrogens (tertiary/aromatic N) is 1. The summed E-state index contributed by atoms with van der Waals surface area (Å²) < 4.78 is 5.77. The van der Waals surface area contributed by atoms with Crippen molar-refractivity contribution in [3.05, 3.63) is 50.9 Å². The lowest BCUT2D eigenvalue weighted by atomic mass is 10.0. The number of aryl methyl sites for hydroxylation is 1. The zero-order valence-electron chi connectivity index (χ0n) is 12.7. The highest BCUT2D eigenvalue weighted by Crippen LogP contribution is 2.41. The van der Waals surface area contributed by atoms with Crippen molar-refractivity contribution in [2.24, 2.45) is 0 Å². The van der Waals surface area contributed by atoms with Crippen LogP contribution in [-0.4, -0.2) is 0 Å². The van der Waals surface area contributed by atoms with Crippen LogP contribution in [0.1, 0.15) is 42.2 Å². The molecule has 0 spiro atoms. The normalized spacial score (nSPS) is 12.4. The van der Waals surface area contributed by atoms with E-state index in [1.54, 1.807) is 18.7 Å². The second kappa shape index (κ2) is 6.02. The highest BCUT2D eigenvalue weighted by atomic mass is 32.2. The predicted octanol–water partition coefficient (Wildman–Crippen LogP) is 4.44. The molecule has 22 heavy (non-hydrogen) atoms. The monoisotopic (exact) mass is 311 g/mol. The van der Waals surface area contributed by atoms with Gasteiger partial charge in [-0.2, -0.15) is 5.26 Å². The number of rotatable bonds is 3. The van der Waals surface area contributed by atoms with Gasteiger partial charge in [-0.25, -0.2) is 0 Å². The van der Waals surface area contributed by atoms with E-state index in [0.29, 0.717) is 22.6 Å². The molecule has 1 aliphatic heterocycles. The van der Waals surface area contributed by atoms with E-state index >= 15 is 0 Å². The Morgan fingerprint density at radius 3 is 2.95 bits per heavy atom. The minimum Gasteiger partial charge on any atom is -0.445 e. The third-order valence-electron chi connectivity index (χ3n) is 4.01. The van der Waals surface area contributed by atoms with Gasteiger partial charge in [0.15, 0.2) is 5.43 Å². The van der Waals surface area contributed by atoms with E-state index in [1.165, 1.54) is 5.56 Å². The number of nitriles is 1. The summed E-state index contributed by atoms with van der Waals surface area (Å²) in [5.74, 6) is 1.31. The molecule has 3 nitrogen and oxygen atoms in total. The average Bonchev–Trinajstić information content (AvgIpc) is 2.55. The molecule has 112 valence electrons. The Morgan fingerprint density at radius 2 is 2.23 bits per heavy atom. The van der Waals surface area contributed by atoms with Crippen molar-refractivity contribution >= 4 is 11.8 Å². The van der Waals surface area contributed by atoms with E-state index in [4.69, 9.17) is 4.42 Å². The first-order valence-corrected chi connectivity index (χ1v) is 8.47. The largest absolute Gasteiger partial charge is 0.445 e. The molecule has 1 aliphatic rings. The van der Waals surface area contributed by atoms with Crippen molar-refractivity contribution < 1.29 is 4.42 Å². The quantitative estimate of drug-likeness (QED) is 0.841. The van der Waals surface area contributed by atoms with Gasteiger partial charge >= 0.3 is 0 Å². The topological polar surface area (TPSA) is 54.0 Å². The van der Waals surface area contributed by atoms with Crippen LogP contribution in [0.15, 0.2) is 32.3 Å². The van der Waals surface area contributed by atoms with Gasteiger partial charge in [0.25, 0.3) is 0 Å². The summed E-state index contributed by atoms with van der Waals surface area (Å²) in [6.45, 7) is 3.83. The SMILES string of the molecule is CCCCc1ccc2c(c1)-c1oc(C#N)c(C)c(=O)c1CS2.